The minimum Gasteiger partial charge on any atom is -0.348 e. The Morgan fingerprint density at radius 3 is 2.95 bits per heavy atom. The van der Waals surface area contributed by atoms with Crippen molar-refractivity contribution in [3.8, 4) is 0 Å². The minimum absolute atomic E-state index is 0.0329. The van der Waals surface area contributed by atoms with Gasteiger partial charge >= 0.3 is 0 Å². The van der Waals surface area contributed by atoms with Gasteiger partial charge in [-0.3, -0.25) is 9.89 Å². The predicted molar refractivity (Wildman–Crippen MR) is 82.7 cm³/mol. The van der Waals surface area contributed by atoms with Gasteiger partial charge in [-0.2, -0.15) is 5.10 Å². The average Bonchev–Trinajstić information content (AvgIpc) is 3.14. The molecule has 0 aliphatic carbocycles. The first-order valence-electron chi connectivity index (χ1n) is 7.38. The van der Waals surface area contributed by atoms with Crippen LogP contribution >= 0.6 is 0 Å². The zero-order valence-corrected chi connectivity index (χ0v) is 13.1. The van der Waals surface area contributed by atoms with Gasteiger partial charge in [-0.15, -0.1) is 0 Å². The van der Waals surface area contributed by atoms with Crippen molar-refractivity contribution in [2.24, 2.45) is 0 Å². The highest BCUT2D eigenvalue weighted by molar-refractivity contribution is 5.95. The number of H-pyrrole nitrogens is 1. The highest BCUT2D eigenvalue weighted by atomic mass is 16.2. The Kier molecular flexibility index (Phi) is 3.79. The minimum atomic E-state index is -0.0329. The molecule has 0 bridgehead atoms. The molecule has 0 saturated carbocycles. The Hall–Kier alpha value is -2.44. The second-order valence-electron chi connectivity index (χ2n) is 5.77. The molecule has 0 radical (unpaired) electrons. The molecule has 7 heteroatoms. The van der Waals surface area contributed by atoms with Gasteiger partial charge in [-0.1, -0.05) is 0 Å². The average molecular weight is 300 g/mol. The third-order valence-electron chi connectivity index (χ3n) is 3.98. The van der Waals surface area contributed by atoms with E-state index in [0.717, 1.165) is 36.6 Å². The summed E-state index contributed by atoms with van der Waals surface area (Å²) in [5, 5.41) is 7.10. The van der Waals surface area contributed by atoms with E-state index >= 15 is 0 Å². The molecule has 0 spiro atoms. The summed E-state index contributed by atoms with van der Waals surface area (Å²) in [4.78, 5) is 24.6. The number of carbonyl (C=O) groups is 1. The van der Waals surface area contributed by atoms with Crippen LogP contribution in [0.25, 0.3) is 0 Å². The molecule has 0 unspecified atom stereocenters. The summed E-state index contributed by atoms with van der Waals surface area (Å²) in [6.45, 7) is 2.86. The lowest BCUT2D eigenvalue weighted by Gasteiger charge is -2.26. The van der Waals surface area contributed by atoms with Crippen LogP contribution < -0.4 is 4.90 Å². The summed E-state index contributed by atoms with van der Waals surface area (Å²) in [6.07, 6.45) is 5.22. The van der Waals surface area contributed by atoms with Gasteiger partial charge < -0.3 is 9.80 Å². The molecule has 1 saturated heterocycles. The number of rotatable bonds is 3. The first-order chi connectivity index (χ1) is 10.6. The van der Waals surface area contributed by atoms with Crippen molar-refractivity contribution in [3.63, 3.8) is 0 Å². The molecule has 3 heterocycles. The third kappa shape index (κ3) is 2.54. The fraction of sp³-hybridized carbons (Fsp3) is 0.467. The molecule has 1 fully saturated rings. The van der Waals surface area contributed by atoms with Crippen LogP contribution in [0.1, 0.15) is 40.6 Å². The van der Waals surface area contributed by atoms with Crippen LogP contribution in [0.15, 0.2) is 18.6 Å². The van der Waals surface area contributed by atoms with Crippen molar-refractivity contribution < 1.29 is 4.79 Å². The Morgan fingerprint density at radius 2 is 2.23 bits per heavy atom. The maximum absolute atomic E-state index is 12.3. The molecule has 1 amide bonds. The SMILES string of the molecule is Cc1cc(N2CCC[C@H]2c2[nH]ncc2C(=O)N(C)C)ncn1. The standard InChI is InChI=1S/C15H20N6O/c1-10-7-13(17-9-16-10)21-6-4-5-12(21)14-11(8-18-19-14)15(22)20(2)3/h7-9,12H,4-6H2,1-3H3,(H,18,19)/t12-/m0/s1. The van der Waals surface area contributed by atoms with E-state index in [0.29, 0.717) is 5.56 Å². The molecule has 7 nitrogen and oxygen atoms in total. The lowest BCUT2D eigenvalue weighted by Crippen LogP contribution is -2.28. The highest BCUT2D eigenvalue weighted by Gasteiger charge is 2.32. The number of aryl methyl sites for hydroxylation is 1. The molecule has 116 valence electrons. The lowest BCUT2D eigenvalue weighted by molar-refractivity contribution is 0.0826. The van der Waals surface area contributed by atoms with Crippen molar-refractivity contribution in [2.75, 3.05) is 25.5 Å². The number of nitrogens with one attached hydrogen (secondary N) is 1. The molecule has 2 aromatic rings. The van der Waals surface area contributed by atoms with E-state index in [4.69, 9.17) is 0 Å². The summed E-state index contributed by atoms with van der Waals surface area (Å²) in [6, 6.07) is 2.07. The zero-order chi connectivity index (χ0) is 15.7. The highest BCUT2D eigenvalue weighted by Crippen LogP contribution is 2.35. The number of hydrogen-bond donors (Lipinski definition) is 1. The second-order valence-corrected chi connectivity index (χ2v) is 5.77. The van der Waals surface area contributed by atoms with Crippen molar-refractivity contribution in [1.29, 1.82) is 0 Å². The number of aromatic amines is 1. The zero-order valence-electron chi connectivity index (χ0n) is 13.1. The van der Waals surface area contributed by atoms with E-state index in [1.165, 1.54) is 0 Å². The Bertz CT molecular complexity index is 680. The van der Waals surface area contributed by atoms with E-state index < -0.39 is 0 Å². The van der Waals surface area contributed by atoms with Gasteiger partial charge in [0.05, 0.1) is 23.5 Å². The summed E-state index contributed by atoms with van der Waals surface area (Å²) in [5.41, 5.74) is 2.44. The first-order valence-corrected chi connectivity index (χ1v) is 7.38. The smallest absolute Gasteiger partial charge is 0.256 e. The van der Waals surface area contributed by atoms with E-state index in [1.807, 2.05) is 13.0 Å². The number of anilines is 1. The molecule has 1 aliphatic heterocycles. The number of carbonyl (C=O) groups excluding carboxylic acids is 1. The number of hydrogen-bond acceptors (Lipinski definition) is 5. The molecule has 1 atom stereocenters. The van der Waals surface area contributed by atoms with Gasteiger partial charge in [0.1, 0.15) is 12.1 Å². The van der Waals surface area contributed by atoms with E-state index in [-0.39, 0.29) is 11.9 Å². The van der Waals surface area contributed by atoms with Crippen molar-refractivity contribution >= 4 is 11.7 Å². The molecular weight excluding hydrogens is 280 g/mol. The van der Waals surface area contributed by atoms with Crippen LogP contribution in [0.3, 0.4) is 0 Å². The predicted octanol–water partition coefficient (Wildman–Crippen LogP) is 1.55. The molecule has 0 aromatic carbocycles. The van der Waals surface area contributed by atoms with Gasteiger partial charge in [0.25, 0.3) is 5.91 Å². The Balaban J connectivity index is 1.94. The van der Waals surface area contributed by atoms with Crippen LogP contribution in [0, 0.1) is 6.92 Å². The fourth-order valence-electron chi connectivity index (χ4n) is 2.90. The van der Waals surface area contributed by atoms with Crippen molar-refractivity contribution in [1.82, 2.24) is 25.1 Å². The van der Waals surface area contributed by atoms with Crippen LogP contribution in [-0.4, -0.2) is 51.6 Å². The normalized spacial score (nSPS) is 17.8. The summed E-state index contributed by atoms with van der Waals surface area (Å²) < 4.78 is 0. The number of aromatic nitrogens is 4. The lowest BCUT2D eigenvalue weighted by atomic mass is 10.1. The molecule has 2 aromatic heterocycles. The summed E-state index contributed by atoms with van der Waals surface area (Å²) >= 11 is 0. The van der Waals surface area contributed by atoms with Crippen LogP contribution in [-0.2, 0) is 0 Å². The van der Waals surface area contributed by atoms with Gasteiger partial charge in [-0.05, 0) is 19.8 Å². The van der Waals surface area contributed by atoms with Gasteiger partial charge in [-0.25, -0.2) is 9.97 Å². The molecule has 1 N–H and O–H groups in total. The molecule has 1 aliphatic rings. The van der Waals surface area contributed by atoms with Crippen LogP contribution in [0.2, 0.25) is 0 Å². The van der Waals surface area contributed by atoms with E-state index in [2.05, 4.69) is 25.1 Å². The maximum atomic E-state index is 12.3. The van der Waals surface area contributed by atoms with Gasteiger partial charge in [0, 0.05) is 32.4 Å². The maximum Gasteiger partial charge on any atom is 0.256 e. The Morgan fingerprint density at radius 1 is 1.41 bits per heavy atom. The Labute approximate surface area is 129 Å². The van der Waals surface area contributed by atoms with Crippen molar-refractivity contribution in [3.05, 3.63) is 35.5 Å². The van der Waals surface area contributed by atoms with Crippen LogP contribution in [0.4, 0.5) is 5.82 Å². The van der Waals surface area contributed by atoms with Crippen LogP contribution in [0.5, 0.6) is 0 Å². The summed E-state index contributed by atoms with van der Waals surface area (Å²) in [5.74, 6) is 0.863. The number of amides is 1. The topological polar surface area (TPSA) is 78.0 Å². The largest absolute Gasteiger partial charge is 0.348 e. The quantitative estimate of drug-likeness (QED) is 0.930. The molecular formula is C15H20N6O. The molecule has 22 heavy (non-hydrogen) atoms. The van der Waals surface area contributed by atoms with Gasteiger partial charge in [0.15, 0.2) is 0 Å². The fourth-order valence-corrected chi connectivity index (χ4v) is 2.90. The van der Waals surface area contributed by atoms with E-state index in [9.17, 15) is 4.79 Å². The van der Waals surface area contributed by atoms with Gasteiger partial charge in [0.2, 0.25) is 0 Å². The second kappa shape index (κ2) is 5.75. The van der Waals surface area contributed by atoms with E-state index in [1.54, 1.807) is 31.5 Å². The first kappa shape index (κ1) is 14.5. The third-order valence-corrected chi connectivity index (χ3v) is 3.98. The van der Waals surface area contributed by atoms with Crippen molar-refractivity contribution in [2.45, 2.75) is 25.8 Å². The number of nitrogens with zero attached hydrogens (tertiary/aromatic N) is 5. The summed E-state index contributed by atoms with van der Waals surface area (Å²) in [7, 11) is 3.50. The molecule has 3 rings (SSSR count). The monoisotopic (exact) mass is 300 g/mol.